The van der Waals surface area contributed by atoms with Crippen molar-refractivity contribution in [1.82, 2.24) is 5.32 Å². The van der Waals surface area contributed by atoms with E-state index in [0.717, 1.165) is 19.7 Å². The van der Waals surface area contributed by atoms with Gasteiger partial charge < -0.3 is 14.8 Å². The molecule has 1 N–H and O–H groups in total. The van der Waals surface area contributed by atoms with E-state index < -0.39 is 0 Å². The third-order valence-corrected chi connectivity index (χ3v) is 2.47. The van der Waals surface area contributed by atoms with Gasteiger partial charge in [0.15, 0.2) is 0 Å². The lowest BCUT2D eigenvalue weighted by molar-refractivity contribution is 0.0722. The van der Waals surface area contributed by atoms with Gasteiger partial charge in [-0.25, -0.2) is 0 Å². The number of rotatable bonds is 9. The van der Waals surface area contributed by atoms with E-state index in [9.17, 15) is 0 Å². The fourth-order valence-corrected chi connectivity index (χ4v) is 1.56. The van der Waals surface area contributed by atoms with E-state index in [-0.39, 0.29) is 0 Å². The van der Waals surface area contributed by atoms with Crippen molar-refractivity contribution < 1.29 is 9.47 Å². The Labute approximate surface area is 110 Å². The maximum atomic E-state index is 5.37. The molecule has 0 aromatic heterocycles. The molecule has 18 heavy (non-hydrogen) atoms. The Balaban J connectivity index is 2.10. The van der Waals surface area contributed by atoms with Crippen LogP contribution in [0.2, 0.25) is 0 Å². The molecule has 1 aromatic carbocycles. The van der Waals surface area contributed by atoms with Gasteiger partial charge in [0.05, 0.1) is 19.8 Å². The van der Waals surface area contributed by atoms with Gasteiger partial charge in [-0.2, -0.15) is 0 Å². The molecule has 0 saturated carbocycles. The SMILES string of the molecule is COCCOCCNC/C(C)=C/c1ccccc1. The highest BCUT2D eigenvalue weighted by Gasteiger charge is 1.92. The van der Waals surface area contributed by atoms with Crippen LogP contribution in [0.1, 0.15) is 12.5 Å². The summed E-state index contributed by atoms with van der Waals surface area (Å²) < 4.78 is 10.3. The lowest BCUT2D eigenvalue weighted by atomic mass is 10.1. The van der Waals surface area contributed by atoms with E-state index in [1.165, 1.54) is 11.1 Å². The summed E-state index contributed by atoms with van der Waals surface area (Å²) in [5.41, 5.74) is 2.56. The highest BCUT2D eigenvalue weighted by molar-refractivity contribution is 5.52. The van der Waals surface area contributed by atoms with Crippen molar-refractivity contribution in [2.45, 2.75) is 6.92 Å². The average molecular weight is 249 g/mol. The van der Waals surface area contributed by atoms with E-state index in [0.29, 0.717) is 13.2 Å². The predicted octanol–water partition coefficient (Wildman–Crippen LogP) is 2.34. The van der Waals surface area contributed by atoms with Crippen molar-refractivity contribution in [3.63, 3.8) is 0 Å². The van der Waals surface area contributed by atoms with Crippen molar-refractivity contribution in [2.75, 3.05) is 40.0 Å². The summed E-state index contributed by atoms with van der Waals surface area (Å²) in [4.78, 5) is 0. The highest BCUT2D eigenvalue weighted by atomic mass is 16.5. The first-order valence-electron chi connectivity index (χ1n) is 6.32. The van der Waals surface area contributed by atoms with Crippen LogP contribution in [0, 0.1) is 0 Å². The molecule has 0 radical (unpaired) electrons. The van der Waals surface area contributed by atoms with Crippen LogP contribution in [0.25, 0.3) is 6.08 Å². The lowest BCUT2D eigenvalue weighted by Gasteiger charge is -2.06. The van der Waals surface area contributed by atoms with Gasteiger partial charge in [0.2, 0.25) is 0 Å². The third kappa shape index (κ3) is 7.22. The number of nitrogens with one attached hydrogen (secondary N) is 1. The van der Waals surface area contributed by atoms with E-state index in [1.807, 2.05) is 6.07 Å². The molecule has 0 heterocycles. The van der Waals surface area contributed by atoms with Gasteiger partial charge in [-0.15, -0.1) is 0 Å². The Morgan fingerprint density at radius 2 is 1.94 bits per heavy atom. The molecule has 0 atom stereocenters. The number of hydrogen-bond donors (Lipinski definition) is 1. The highest BCUT2D eigenvalue weighted by Crippen LogP contribution is 2.04. The topological polar surface area (TPSA) is 30.5 Å². The van der Waals surface area contributed by atoms with Crippen molar-refractivity contribution in [3.8, 4) is 0 Å². The standard InChI is InChI=1S/C15H23NO2/c1-14(12-15-6-4-3-5-7-15)13-16-8-9-18-11-10-17-2/h3-7,12,16H,8-11,13H2,1-2H3/b14-12+. The summed E-state index contributed by atoms with van der Waals surface area (Å²) >= 11 is 0. The zero-order valence-electron chi connectivity index (χ0n) is 11.3. The summed E-state index contributed by atoms with van der Waals surface area (Å²) in [6.07, 6.45) is 2.19. The Hall–Kier alpha value is -1.16. The fraction of sp³-hybridized carbons (Fsp3) is 0.467. The molecule has 0 bridgehead atoms. The summed E-state index contributed by atoms with van der Waals surface area (Å²) in [5, 5.41) is 3.35. The van der Waals surface area contributed by atoms with Gasteiger partial charge in [-0.1, -0.05) is 42.0 Å². The maximum absolute atomic E-state index is 5.37. The Bertz CT molecular complexity index is 336. The van der Waals surface area contributed by atoms with Crippen molar-refractivity contribution in [3.05, 3.63) is 41.5 Å². The minimum Gasteiger partial charge on any atom is -0.382 e. The minimum absolute atomic E-state index is 0.660. The maximum Gasteiger partial charge on any atom is 0.0700 e. The third-order valence-electron chi connectivity index (χ3n) is 2.47. The van der Waals surface area contributed by atoms with Gasteiger partial charge in [0, 0.05) is 20.2 Å². The van der Waals surface area contributed by atoms with Crippen molar-refractivity contribution >= 4 is 6.08 Å². The van der Waals surface area contributed by atoms with Gasteiger partial charge in [-0.3, -0.25) is 0 Å². The molecule has 3 nitrogen and oxygen atoms in total. The van der Waals surface area contributed by atoms with Gasteiger partial charge in [-0.05, 0) is 12.5 Å². The molecule has 3 heteroatoms. The van der Waals surface area contributed by atoms with Crippen LogP contribution in [0.15, 0.2) is 35.9 Å². The summed E-state index contributed by atoms with van der Waals surface area (Å²) in [7, 11) is 1.68. The molecule has 1 rings (SSSR count). The average Bonchev–Trinajstić information content (AvgIpc) is 2.39. The zero-order valence-corrected chi connectivity index (χ0v) is 11.3. The van der Waals surface area contributed by atoms with Crippen LogP contribution in [0.5, 0.6) is 0 Å². The zero-order chi connectivity index (χ0) is 13.1. The molecule has 0 unspecified atom stereocenters. The largest absolute Gasteiger partial charge is 0.382 e. The van der Waals surface area contributed by atoms with Crippen LogP contribution < -0.4 is 5.32 Å². The lowest BCUT2D eigenvalue weighted by Crippen LogP contribution is -2.22. The molecular formula is C15H23NO2. The molecule has 0 fully saturated rings. The molecule has 0 aliphatic heterocycles. The number of methoxy groups -OCH3 is 1. The Kier molecular flexibility index (Phi) is 8.13. The van der Waals surface area contributed by atoms with Crippen LogP contribution in [0.3, 0.4) is 0 Å². The summed E-state index contributed by atoms with van der Waals surface area (Å²) in [6, 6.07) is 10.4. The van der Waals surface area contributed by atoms with Gasteiger partial charge in [0.1, 0.15) is 0 Å². The first kappa shape index (κ1) is 14.9. The molecule has 100 valence electrons. The monoisotopic (exact) mass is 249 g/mol. The fourth-order valence-electron chi connectivity index (χ4n) is 1.56. The van der Waals surface area contributed by atoms with Gasteiger partial charge >= 0.3 is 0 Å². The van der Waals surface area contributed by atoms with Crippen LogP contribution in [-0.2, 0) is 9.47 Å². The minimum atomic E-state index is 0.660. The Morgan fingerprint density at radius 3 is 2.67 bits per heavy atom. The second-order valence-electron chi connectivity index (χ2n) is 4.18. The summed E-state index contributed by atoms with van der Waals surface area (Å²) in [6.45, 7) is 5.93. The second kappa shape index (κ2) is 9.83. The smallest absolute Gasteiger partial charge is 0.0700 e. The van der Waals surface area contributed by atoms with E-state index in [2.05, 4.69) is 42.6 Å². The number of ether oxygens (including phenoxy) is 2. The van der Waals surface area contributed by atoms with Crippen LogP contribution >= 0.6 is 0 Å². The molecule has 0 aliphatic rings. The summed E-state index contributed by atoms with van der Waals surface area (Å²) in [5.74, 6) is 0. The molecule has 0 saturated heterocycles. The molecule has 0 spiro atoms. The first-order valence-corrected chi connectivity index (χ1v) is 6.32. The molecule has 0 aliphatic carbocycles. The van der Waals surface area contributed by atoms with Gasteiger partial charge in [0.25, 0.3) is 0 Å². The van der Waals surface area contributed by atoms with E-state index in [4.69, 9.17) is 9.47 Å². The normalized spacial score (nSPS) is 11.8. The Morgan fingerprint density at radius 1 is 1.17 bits per heavy atom. The van der Waals surface area contributed by atoms with Crippen LogP contribution in [0.4, 0.5) is 0 Å². The molecular weight excluding hydrogens is 226 g/mol. The molecule has 0 amide bonds. The van der Waals surface area contributed by atoms with Crippen molar-refractivity contribution in [2.24, 2.45) is 0 Å². The molecule has 1 aromatic rings. The predicted molar refractivity (Wildman–Crippen MR) is 75.7 cm³/mol. The van der Waals surface area contributed by atoms with Crippen LogP contribution in [-0.4, -0.2) is 40.0 Å². The number of hydrogen-bond acceptors (Lipinski definition) is 3. The van der Waals surface area contributed by atoms with E-state index in [1.54, 1.807) is 7.11 Å². The second-order valence-corrected chi connectivity index (χ2v) is 4.18. The first-order chi connectivity index (χ1) is 8.83. The van der Waals surface area contributed by atoms with Crippen molar-refractivity contribution in [1.29, 1.82) is 0 Å². The quantitative estimate of drug-likeness (QED) is 0.681. The number of benzene rings is 1. The van der Waals surface area contributed by atoms with E-state index >= 15 is 0 Å².